The first-order valence-corrected chi connectivity index (χ1v) is 8.69. The van der Waals surface area contributed by atoms with Crippen molar-refractivity contribution in [2.75, 3.05) is 18.5 Å². The molecule has 2 aromatic carbocycles. The molecule has 3 aromatic rings. The molecule has 1 heterocycles. The lowest BCUT2D eigenvalue weighted by Crippen LogP contribution is -2.04. The van der Waals surface area contributed by atoms with E-state index in [-0.39, 0.29) is 0 Å². The van der Waals surface area contributed by atoms with E-state index in [1.165, 1.54) is 5.56 Å². The van der Waals surface area contributed by atoms with E-state index in [0.717, 1.165) is 35.1 Å². The molecule has 4 heteroatoms. The van der Waals surface area contributed by atoms with Crippen molar-refractivity contribution < 1.29 is 4.74 Å². The quantitative estimate of drug-likeness (QED) is 0.673. The highest BCUT2D eigenvalue weighted by molar-refractivity contribution is 7.14. The molecule has 118 valence electrons. The number of hydrogen-bond donors (Lipinski definition) is 1. The van der Waals surface area contributed by atoms with E-state index in [4.69, 9.17) is 4.74 Å². The molecule has 0 bridgehead atoms. The van der Waals surface area contributed by atoms with E-state index in [0.29, 0.717) is 6.61 Å². The van der Waals surface area contributed by atoms with Gasteiger partial charge < -0.3 is 10.1 Å². The first-order chi connectivity index (χ1) is 11.3. The molecule has 0 saturated heterocycles. The van der Waals surface area contributed by atoms with Gasteiger partial charge in [0.2, 0.25) is 0 Å². The Morgan fingerprint density at radius 2 is 1.83 bits per heavy atom. The number of thiazole rings is 1. The highest BCUT2D eigenvalue weighted by atomic mass is 32.1. The van der Waals surface area contributed by atoms with Crippen LogP contribution in [0.3, 0.4) is 0 Å². The Kier molecular flexibility index (Phi) is 5.27. The second kappa shape index (κ2) is 7.79. The van der Waals surface area contributed by atoms with Gasteiger partial charge in [0.15, 0.2) is 5.13 Å². The smallest absolute Gasteiger partial charge is 0.183 e. The van der Waals surface area contributed by atoms with E-state index in [1.54, 1.807) is 11.3 Å². The molecule has 0 radical (unpaired) electrons. The fraction of sp³-hybridized carbons (Fsp3) is 0.211. The van der Waals surface area contributed by atoms with Gasteiger partial charge in [0.05, 0.1) is 12.3 Å². The Bertz CT molecular complexity index is 723. The number of rotatable bonds is 7. The van der Waals surface area contributed by atoms with Gasteiger partial charge in [-0.25, -0.2) is 4.98 Å². The van der Waals surface area contributed by atoms with Gasteiger partial charge in [-0.1, -0.05) is 30.3 Å². The molecule has 0 unspecified atom stereocenters. The minimum atomic E-state index is 0.686. The number of benzene rings is 2. The molecule has 3 nitrogen and oxygen atoms in total. The molecule has 0 saturated carbocycles. The molecule has 0 aliphatic heterocycles. The Balaban J connectivity index is 1.57. The van der Waals surface area contributed by atoms with Gasteiger partial charge in [-0.05, 0) is 43.2 Å². The maximum Gasteiger partial charge on any atom is 0.183 e. The van der Waals surface area contributed by atoms with E-state index in [1.807, 2.05) is 37.3 Å². The van der Waals surface area contributed by atoms with Crippen LogP contribution in [0.2, 0.25) is 0 Å². The fourth-order valence-electron chi connectivity index (χ4n) is 2.33. The summed E-state index contributed by atoms with van der Waals surface area (Å²) in [6, 6.07) is 18.6. The first kappa shape index (κ1) is 15.6. The van der Waals surface area contributed by atoms with Gasteiger partial charge in [0, 0.05) is 17.5 Å². The topological polar surface area (TPSA) is 34.1 Å². The third-order valence-electron chi connectivity index (χ3n) is 3.50. The molecule has 0 atom stereocenters. The van der Waals surface area contributed by atoms with Crippen LogP contribution in [0.1, 0.15) is 12.5 Å². The molecule has 0 amide bonds. The van der Waals surface area contributed by atoms with Crippen molar-refractivity contribution in [1.82, 2.24) is 4.98 Å². The van der Waals surface area contributed by atoms with Crippen molar-refractivity contribution in [2.24, 2.45) is 0 Å². The third kappa shape index (κ3) is 4.33. The maximum atomic E-state index is 5.47. The lowest BCUT2D eigenvalue weighted by atomic mass is 10.1. The molecule has 3 rings (SSSR count). The SMILES string of the molecule is CCOc1ccc(-c2csc(NCCc3ccccc3)n2)cc1. The van der Waals surface area contributed by atoms with Gasteiger partial charge in [-0.3, -0.25) is 0 Å². The summed E-state index contributed by atoms with van der Waals surface area (Å²) in [6.07, 6.45) is 0.999. The average Bonchev–Trinajstić information content (AvgIpc) is 3.06. The molecule has 1 N–H and O–H groups in total. The summed E-state index contributed by atoms with van der Waals surface area (Å²) in [5.74, 6) is 0.896. The summed E-state index contributed by atoms with van der Waals surface area (Å²) in [5, 5.41) is 6.44. The Labute approximate surface area is 141 Å². The Hall–Kier alpha value is -2.33. The van der Waals surface area contributed by atoms with E-state index in [2.05, 4.69) is 39.9 Å². The first-order valence-electron chi connectivity index (χ1n) is 7.81. The van der Waals surface area contributed by atoms with Crippen LogP contribution in [0, 0.1) is 0 Å². The minimum Gasteiger partial charge on any atom is -0.494 e. The van der Waals surface area contributed by atoms with Crippen LogP contribution in [0.25, 0.3) is 11.3 Å². The van der Waals surface area contributed by atoms with Crippen molar-refractivity contribution >= 4 is 16.5 Å². The van der Waals surface area contributed by atoms with E-state index in [9.17, 15) is 0 Å². The lowest BCUT2D eigenvalue weighted by molar-refractivity contribution is 0.340. The third-order valence-corrected chi connectivity index (χ3v) is 4.30. The summed E-state index contributed by atoms with van der Waals surface area (Å²) in [4.78, 5) is 4.65. The van der Waals surface area contributed by atoms with Crippen molar-refractivity contribution in [3.63, 3.8) is 0 Å². The molecule has 0 spiro atoms. The number of hydrogen-bond acceptors (Lipinski definition) is 4. The zero-order chi connectivity index (χ0) is 15.9. The number of aromatic nitrogens is 1. The van der Waals surface area contributed by atoms with Crippen LogP contribution in [0.4, 0.5) is 5.13 Å². The second-order valence-electron chi connectivity index (χ2n) is 5.16. The number of anilines is 1. The molecular formula is C19H20N2OS. The number of nitrogens with one attached hydrogen (secondary N) is 1. The second-order valence-corrected chi connectivity index (χ2v) is 6.02. The highest BCUT2D eigenvalue weighted by Gasteiger charge is 2.04. The molecule has 23 heavy (non-hydrogen) atoms. The summed E-state index contributed by atoms with van der Waals surface area (Å²) in [6.45, 7) is 3.56. The lowest BCUT2D eigenvalue weighted by Gasteiger charge is -2.04. The van der Waals surface area contributed by atoms with Crippen molar-refractivity contribution in [3.8, 4) is 17.0 Å². The maximum absolute atomic E-state index is 5.47. The molecule has 1 aromatic heterocycles. The summed E-state index contributed by atoms with van der Waals surface area (Å²) in [7, 11) is 0. The molecule has 0 aliphatic carbocycles. The Morgan fingerprint density at radius 3 is 2.57 bits per heavy atom. The fourth-order valence-corrected chi connectivity index (χ4v) is 3.08. The molecule has 0 aliphatic rings. The zero-order valence-electron chi connectivity index (χ0n) is 13.2. The van der Waals surface area contributed by atoms with Gasteiger partial charge in [0.25, 0.3) is 0 Å². The molecular weight excluding hydrogens is 304 g/mol. The van der Waals surface area contributed by atoms with E-state index >= 15 is 0 Å². The largest absolute Gasteiger partial charge is 0.494 e. The van der Waals surface area contributed by atoms with Gasteiger partial charge in [-0.15, -0.1) is 11.3 Å². The highest BCUT2D eigenvalue weighted by Crippen LogP contribution is 2.26. The van der Waals surface area contributed by atoms with Crippen molar-refractivity contribution in [2.45, 2.75) is 13.3 Å². The summed E-state index contributed by atoms with van der Waals surface area (Å²) >= 11 is 1.64. The summed E-state index contributed by atoms with van der Waals surface area (Å²) < 4.78 is 5.47. The van der Waals surface area contributed by atoms with Crippen LogP contribution < -0.4 is 10.1 Å². The summed E-state index contributed by atoms with van der Waals surface area (Å²) in [5.41, 5.74) is 3.45. The van der Waals surface area contributed by atoms with E-state index < -0.39 is 0 Å². The van der Waals surface area contributed by atoms with Crippen LogP contribution in [0.15, 0.2) is 60.0 Å². The number of nitrogens with zero attached hydrogens (tertiary/aromatic N) is 1. The standard InChI is InChI=1S/C19H20N2OS/c1-2-22-17-10-8-16(9-11-17)18-14-23-19(21-18)20-13-12-15-6-4-3-5-7-15/h3-11,14H,2,12-13H2,1H3,(H,20,21). The normalized spacial score (nSPS) is 10.5. The predicted molar refractivity (Wildman–Crippen MR) is 97.4 cm³/mol. The predicted octanol–water partition coefficient (Wildman–Crippen LogP) is 4.86. The van der Waals surface area contributed by atoms with Gasteiger partial charge in [-0.2, -0.15) is 0 Å². The zero-order valence-corrected chi connectivity index (χ0v) is 14.0. The van der Waals surface area contributed by atoms with Gasteiger partial charge >= 0.3 is 0 Å². The molecule has 0 fully saturated rings. The van der Waals surface area contributed by atoms with Crippen LogP contribution in [-0.4, -0.2) is 18.1 Å². The van der Waals surface area contributed by atoms with Gasteiger partial charge in [0.1, 0.15) is 5.75 Å². The van der Waals surface area contributed by atoms with Crippen molar-refractivity contribution in [3.05, 3.63) is 65.5 Å². The van der Waals surface area contributed by atoms with Crippen LogP contribution in [0.5, 0.6) is 5.75 Å². The Morgan fingerprint density at radius 1 is 1.04 bits per heavy atom. The van der Waals surface area contributed by atoms with Crippen molar-refractivity contribution in [1.29, 1.82) is 0 Å². The minimum absolute atomic E-state index is 0.686. The monoisotopic (exact) mass is 324 g/mol. The van der Waals surface area contributed by atoms with Crippen LogP contribution in [-0.2, 0) is 6.42 Å². The average molecular weight is 324 g/mol. The van der Waals surface area contributed by atoms with Crippen LogP contribution >= 0.6 is 11.3 Å². The number of ether oxygens (including phenoxy) is 1.